The van der Waals surface area contributed by atoms with Gasteiger partial charge in [0, 0.05) is 39.1 Å². The molecular weight excluding hydrogens is 445 g/mol. The van der Waals surface area contributed by atoms with Gasteiger partial charge in [-0.15, -0.1) is 0 Å². The van der Waals surface area contributed by atoms with Crippen LogP contribution in [0, 0.1) is 11.7 Å². The summed E-state index contributed by atoms with van der Waals surface area (Å²) >= 11 is 0. The molecule has 7 heteroatoms. The first-order valence-electron chi connectivity index (χ1n) is 12.5. The summed E-state index contributed by atoms with van der Waals surface area (Å²) in [6.07, 6.45) is 0.543. The lowest BCUT2D eigenvalue weighted by Gasteiger charge is -2.38. The quantitative estimate of drug-likeness (QED) is 0.628. The molecule has 0 saturated carbocycles. The van der Waals surface area contributed by atoms with Gasteiger partial charge in [-0.25, -0.2) is 4.39 Å². The van der Waals surface area contributed by atoms with E-state index in [4.69, 9.17) is 4.74 Å². The summed E-state index contributed by atoms with van der Waals surface area (Å²) in [5.74, 6) is 0.521. The van der Waals surface area contributed by atoms with Gasteiger partial charge in [0.1, 0.15) is 11.6 Å². The van der Waals surface area contributed by atoms with Crippen molar-refractivity contribution in [1.29, 1.82) is 0 Å². The lowest BCUT2D eigenvalue weighted by molar-refractivity contribution is -0.139. The third-order valence-electron chi connectivity index (χ3n) is 6.89. The molecule has 2 aromatic rings. The molecule has 6 nitrogen and oxygen atoms in total. The predicted octanol–water partition coefficient (Wildman–Crippen LogP) is 3.89. The molecule has 2 atom stereocenters. The molecule has 2 aliphatic heterocycles. The van der Waals surface area contributed by atoms with Crippen molar-refractivity contribution in [3.63, 3.8) is 0 Å². The summed E-state index contributed by atoms with van der Waals surface area (Å²) in [5, 5.41) is 0. The van der Waals surface area contributed by atoms with Crippen LogP contribution in [-0.2, 0) is 16.0 Å². The first-order valence-corrected chi connectivity index (χ1v) is 12.5. The second-order valence-electron chi connectivity index (χ2n) is 10.1. The highest BCUT2D eigenvalue weighted by atomic mass is 19.1. The fourth-order valence-electron chi connectivity index (χ4n) is 4.98. The molecule has 188 valence electrons. The number of benzene rings is 2. The normalized spacial score (nSPS) is 19.4. The zero-order valence-corrected chi connectivity index (χ0v) is 21.2. The molecule has 2 unspecified atom stereocenters. The Morgan fingerprint density at radius 3 is 2.46 bits per heavy atom. The number of fused-ring (bicyclic) bond motifs is 1. The summed E-state index contributed by atoms with van der Waals surface area (Å²) in [4.78, 5) is 32.1. The van der Waals surface area contributed by atoms with Crippen LogP contribution in [0.1, 0.15) is 49.9 Å². The van der Waals surface area contributed by atoms with E-state index in [0.29, 0.717) is 31.8 Å². The molecule has 0 N–H and O–H groups in total. The Morgan fingerprint density at radius 1 is 1.03 bits per heavy atom. The molecule has 2 aliphatic rings. The average Bonchev–Trinajstić information content (AvgIpc) is 2.82. The number of carbonyl (C=O) groups is 2. The number of hydrogen-bond donors (Lipinski definition) is 0. The van der Waals surface area contributed by atoms with E-state index in [1.54, 1.807) is 13.0 Å². The smallest absolute Gasteiger partial charge is 0.263 e. The van der Waals surface area contributed by atoms with Crippen LogP contribution in [0.4, 0.5) is 4.39 Å². The highest BCUT2D eigenvalue weighted by Crippen LogP contribution is 2.38. The monoisotopic (exact) mass is 481 g/mol. The second kappa shape index (κ2) is 10.8. The fraction of sp³-hybridized carbons (Fsp3) is 0.500. The molecule has 0 radical (unpaired) electrons. The van der Waals surface area contributed by atoms with Crippen molar-refractivity contribution in [3.05, 3.63) is 65.0 Å². The first-order chi connectivity index (χ1) is 16.7. The van der Waals surface area contributed by atoms with Gasteiger partial charge in [0.25, 0.3) is 5.91 Å². The van der Waals surface area contributed by atoms with Crippen molar-refractivity contribution in [3.8, 4) is 5.75 Å². The summed E-state index contributed by atoms with van der Waals surface area (Å²) in [6.45, 7) is 9.51. The number of piperazine rings is 1. The number of ether oxygens (including phenoxy) is 1. The van der Waals surface area contributed by atoms with Gasteiger partial charge < -0.3 is 19.4 Å². The highest BCUT2D eigenvalue weighted by Gasteiger charge is 2.33. The summed E-state index contributed by atoms with van der Waals surface area (Å²) in [6, 6.07) is 11.9. The van der Waals surface area contributed by atoms with Crippen LogP contribution in [-0.4, -0.2) is 72.4 Å². The van der Waals surface area contributed by atoms with Crippen LogP contribution in [0.15, 0.2) is 42.5 Å². The molecule has 0 spiro atoms. The zero-order valence-electron chi connectivity index (χ0n) is 21.2. The average molecular weight is 482 g/mol. The van der Waals surface area contributed by atoms with Gasteiger partial charge in [-0.1, -0.05) is 32.0 Å². The van der Waals surface area contributed by atoms with Crippen LogP contribution >= 0.6 is 0 Å². The van der Waals surface area contributed by atoms with Crippen molar-refractivity contribution < 1.29 is 18.7 Å². The molecule has 2 aromatic carbocycles. The van der Waals surface area contributed by atoms with Crippen molar-refractivity contribution in [1.82, 2.24) is 14.7 Å². The second-order valence-corrected chi connectivity index (χ2v) is 10.1. The van der Waals surface area contributed by atoms with Crippen molar-refractivity contribution >= 4 is 11.8 Å². The highest BCUT2D eigenvalue weighted by molar-refractivity contribution is 5.81. The van der Waals surface area contributed by atoms with Crippen LogP contribution in [0.25, 0.3) is 0 Å². The minimum Gasteiger partial charge on any atom is -0.481 e. The molecular formula is C28H36FN3O3. The molecule has 0 aliphatic carbocycles. The fourth-order valence-corrected chi connectivity index (χ4v) is 4.98. The molecule has 1 saturated heterocycles. The lowest BCUT2D eigenvalue weighted by atomic mass is 9.87. The van der Waals surface area contributed by atoms with E-state index < -0.39 is 12.1 Å². The maximum absolute atomic E-state index is 14.2. The van der Waals surface area contributed by atoms with E-state index in [-0.39, 0.29) is 23.5 Å². The largest absolute Gasteiger partial charge is 0.481 e. The van der Waals surface area contributed by atoms with Crippen LogP contribution < -0.4 is 4.74 Å². The van der Waals surface area contributed by atoms with E-state index in [9.17, 15) is 14.0 Å². The van der Waals surface area contributed by atoms with E-state index in [2.05, 4.69) is 11.9 Å². The lowest BCUT2D eigenvalue weighted by Crippen LogP contribution is -2.50. The Bertz CT molecular complexity index is 1070. The summed E-state index contributed by atoms with van der Waals surface area (Å²) < 4.78 is 20.3. The summed E-state index contributed by atoms with van der Waals surface area (Å²) in [7, 11) is 2.05. The minimum atomic E-state index is -0.619. The number of hydrogen-bond acceptors (Lipinski definition) is 4. The third kappa shape index (κ3) is 5.84. The first kappa shape index (κ1) is 25.2. The number of amides is 2. The molecule has 35 heavy (non-hydrogen) atoms. The minimum absolute atomic E-state index is 0.0220. The molecule has 0 aromatic heterocycles. The van der Waals surface area contributed by atoms with Gasteiger partial charge in [0.15, 0.2) is 6.10 Å². The topological polar surface area (TPSA) is 53.1 Å². The Morgan fingerprint density at radius 2 is 1.77 bits per heavy atom. The van der Waals surface area contributed by atoms with E-state index in [1.165, 1.54) is 12.1 Å². The van der Waals surface area contributed by atoms with E-state index >= 15 is 0 Å². The van der Waals surface area contributed by atoms with Gasteiger partial charge in [0.05, 0.1) is 6.04 Å². The van der Waals surface area contributed by atoms with Gasteiger partial charge in [-0.3, -0.25) is 9.59 Å². The maximum Gasteiger partial charge on any atom is 0.263 e. The Hall–Kier alpha value is -2.93. The number of likely N-dealkylation sites (N-methyl/N-ethyl adjacent to an activating group) is 1. The molecule has 1 fully saturated rings. The number of rotatable bonds is 6. The zero-order chi connectivity index (χ0) is 25.1. The number of halogens is 1. The molecule has 2 amide bonds. The van der Waals surface area contributed by atoms with Crippen molar-refractivity contribution in [2.45, 2.75) is 45.8 Å². The van der Waals surface area contributed by atoms with Gasteiger partial charge >= 0.3 is 0 Å². The van der Waals surface area contributed by atoms with E-state index in [0.717, 1.165) is 36.2 Å². The Labute approximate surface area is 207 Å². The Balaban J connectivity index is 1.61. The number of carbonyl (C=O) groups excluding carboxylic acids is 2. The SMILES string of the molecule is CC(C)CC(=O)N1CCc2ccc(OC(C)C(=O)N3CCN(C)CC3)cc2C1c1cccc(F)c1. The van der Waals surface area contributed by atoms with Crippen molar-refractivity contribution in [2.24, 2.45) is 5.92 Å². The van der Waals surface area contributed by atoms with Gasteiger partial charge in [-0.05, 0) is 67.3 Å². The maximum atomic E-state index is 14.2. The van der Waals surface area contributed by atoms with Crippen molar-refractivity contribution in [2.75, 3.05) is 39.8 Å². The van der Waals surface area contributed by atoms with Gasteiger partial charge in [-0.2, -0.15) is 0 Å². The number of nitrogens with zero attached hydrogens (tertiary/aromatic N) is 3. The molecule has 2 heterocycles. The van der Waals surface area contributed by atoms with Crippen LogP contribution in [0.3, 0.4) is 0 Å². The van der Waals surface area contributed by atoms with E-state index in [1.807, 2.05) is 47.9 Å². The molecule has 0 bridgehead atoms. The van der Waals surface area contributed by atoms with Crippen LogP contribution in [0.2, 0.25) is 0 Å². The standard InChI is InChI=1S/C28H36FN3O3/c1-19(2)16-26(33)32-11-10-21-8-9-24(18-25(21)27(32)22-6-5-7-23(29)17-22)35-20(3)28(34)31-14-12-30(4)13-15-31/h5-9,17-20,27H,10-16H2,1-4H3. The third-order valence-corrected chi connectivity index (χ3v) is 6.89. The van der Waals surface area contributed by atoms with Gasteiger partial charge in [0.2, 0.25) is 5.91 Å². The Kier molecular flexibility index (Phi) is 7.75. The van der Waals surface area contributed by atoms with Crippen LogP contribution in [0.5, 0.6) is 5.75 Å². The summed E-state index contributed by atoms with van der Waals surface area (Å²) in [5.41, 5.74) is 2.77. The predicted molar refractivity (Wildman–Crippen MR) is 134 cm³/mol. The molecule has 4 rings (SSSR count).